The van der Waals surface area contributed by atoms with Gasteiger partial charge in [0.2, 0.25) is 0 Å². The van der Waals surface area contributed by atoms with Gasteiger partial charge in [0.1, 0.15) is 11.5 Å². The average Bonchev–Trinajstić information content (AvgIpc) is 3.31. The number of hydrogen-bond acceptors (Lipinski definition) is 4. The van der Waals surface area contributed by atoms with Crippen molar-refractivity contribution < 1.29 is 19.1 Å². The third kappa shape index (κ3) is 3.04. The van der Waals surface area contributed by atoms with Crippen LogP contribution in [0.1, 0.15) is 22.9 Å². The van der Waals surface area contributed by atoms with Gasteiger partial charge in [0.15, 0.2) is 0 Å². The molecule has 1 saturated heterocycles. The van der Waals surface area contributed by atoms with Gasteiger partial charge in [-0.3, -0.25) is 9.59 Å². The van der Waals surface area contributed by atoms with E-state index < -0.39 is 17.7 Å². The predicted octanol–water partition coefficient (Wildman–Crippen LogP) is 3.90. The molecule has 0 radical (unpaired) electrons. The predicted molar refractivity (Wildman–Crippen MR) is 99.4 cm³/mol. The number of likely N-dealkylation sites (tertiary alicyclic amines) is 1. The highest BCUT2D eigenvalue weighted by Crippen LogP contribution is 2.40. The van der Waals surface area contributed by atoms with Crippen LogP contribution in [0.5, 0.6) is 0 Å². The van der Waals surface area contributed by atoms with Crippen molar-refractivity contribution in [2.24, 2.45) is 0 Å². The van der Waals surface area contributed by atoms with Gasteiger partial charge in [0.25, 0.3) is 11.7 Å². The van der Waals surface area contributed by atoms with Gasteiger partial charge in [-0.25, -0.2) is 0 Å². The van der Waals surface area contributed by atoms with Crippen molar-refractivity contribution in [3.63, 3.8) is 0 Å². The second-order valence-electron chi connectivity index (χ2n) is 6.28. The zero-order chi connectivity index (χ0) is 18.8. The van der Waals surface area contributed by atoms with Crippen LogP contribution in [-0.2, 0) is 16.1 Å². The lowest BCUT2D eigenvalue weighted by Crippen LogP contribution is -2.29. The van der Waals surface area contributed by atoms with E-state index >= 15 is 0 Å². The molecule has 27 heavy (non-hydrogen) atoms. The molecule has 1 N–H and O–H groups in total. The van der Waals surface area contributed by atoms with Crippen LogP contribution in [0.15, 0.2) is 89.0 Å². The van der Waals surface area contributed by atoms with Crippen molar-refractivity contribution in [3.05, 3.63) is 102 Å². The molecular formula is C22H17NO4. The van der Waals surface area contributed by atoms with Crippen molar-refractivity contribution in [2.75, 3.05) is 0 Å². The number of rotatable bonds is 4. The van der Waals surface area contributed by atoms with Gasteiger partial charge in [-0.15, -0.1) is 0 Å². The molecule has 0 unspecified atom stereocenters. The second kappa shape index (κ2) is 6.96. The highest BCUT2D eigenvalue weighted by Gasteiger charge is 2.46. The monoisotopic (exact) mass is 359 g/mol. The Hall–Kier alpha value is -3.60. The summed E-state index contributed by atoms with van der Waals surface area (Å²) < 4.78 is 5.36. The van der Waals surface area contributed by atoms with Gasteiger partial charge >= 0.3 is 0 Å². The number of aliphatic hydroxyl groups excluding tert-OH is 1. The highest BCUT2D eigenvalue weighted by molar-refractivity contribution is 6.46. The Morgan fingerprint density at radius 3 is 2.22 bits per heavy atom. The Kier molecular flexibility index (Phi) is 4.34. The summed E-state index contributed by atoms with van der Waals surface area (Å²) in [6.07, 6.45) is 1.52. The summed E-state index contributed by atoms with van der Waals surface area (Å²) in [6.45, 7) is 0.142. The molecule has 2 aromatic carbocycles. The molecule has 0 bridgehead atoms. The van der Waals surface area contributed by atoms with Gasteiger partial charge in [-0.2, -0.15) is 0 Å². The normalized spacial score (nSPS) is 18.8. The number of Topliss-reactive ketones (excluding diaryl/α,β-unsaturated/α-hetero) is 1. The second-order valence-corrected chi connectivity index (χ2v) is 6.28. The SMILES string of the molecule is O=C1C(=O)N(Cc2ccco2)[C@@H](c2ccccc2)/C1=C(\O)c1ccccc1. The van der Waals surface area contributed by atoms with Crippen LogP contribution < -0.4 is 0 Å². The van der Waals surface area contributed by atoms with E-state index in [1.807, 2.05) is 36.4 Å². The van der Waals surface area contributed by atoms with E-state index in [0.717, 1.165) is 5.56 Å². The quantitative estimate of drug-likeness (QED) is 0.436. The van der Waals surface area contributed by atoms with E-state index in [1.54, 1.807) is 36.4 Å². The molecule has 3 aromatic rings. The average molecular weight is 359 g/mol. The van der Waals surface area contributed by atoms with Gasteiger partial charge < -0.3 is 14.4 Å². The number of carbonyl (C=O) groups is 2. The number of aliphatic hydroxyl groups is 1. The Balaban J connectivity index is 1.86. The molecular weight excluding hydrogens is 342 g/mol. The van der Waals surface area contributed by atoms with Crippen LogP contribution in [0.3, 0.4) is 0 Å². The summed E-state index contributed by atoms with van der Waals surface area (Å²) in [5.74, 6) is -0.961. The van der Waals surface area contributed by atoms with E-state index in [0.29, 0.717) is 11.3 Å². The Morgan fingerprint density at radius 1 is 0.926 bits per heavy atom. The summed E-state index contributed by atoms with van der Waals surface area (Å²) in [5, 5.41) is 10.8. The van der Waals surface area contributed by atoms with E-state index in [2.05, 4.69) is 0 Å². The topological polar surface area (TPSA) is 70.8 Å². The van der Waals surface area contributed by atoms with Crippen molar-refractivity contribution in [2.45, 2.75) is 12.6 Å². The van der Waals surface area contributed by atoms with Crippen LogP contribution in [0.2, 0.25) is 0 Å². The Morgan fingerprint density at radius 2 is 1.59 bits per heavy atom. The number of furan rings is 1. The van der Waals surface area contributed by atoms with E-state index in [9.17, 15) is 14.7 Å². The highest BCUT2D eigenvalue weighted by atomic mass is 16.3. The van der Waals surface area contributed by atoms with E-state index in [1.165, 1.54) is 11.2 Å². The van der Waals surface area contributed by atoms with Crippen LogP contribution in [-0.4, -0.2) is 21.7 Å². The maximum Gasteiger partial charge on any atom is 0.296 e. The van der Waals surface area contributed by atoms with Gasteiger partial charge in [-0.05, 0) is 17.7 Å². The molecule has 0 saturated carbocycles. The fourth-order valence-electron chi connectivity index (χ4n) is 3.35. The molecule has 1 fully saturated rings. The van der Waals surface area contributed by atoms with Crippen molar-refractivity contribution >= 4 is 17.4 Å². The molecule has 1 amide bonds. The molecule has 0 spiro atoms. The molecule has 2 heterocycles. The number of amides is 1. The molecule has 4 rings (SSSR count). The van der Waals surface area contributed by atoms with Crippen molar-refractivity contribution in [1.82, 2.24) is 4.90 Å². The Bertz CT molecular complexity index is 991. The van der Waals surface area contributed by atoms with Gasteiger partial charge in [0, 0.05) is 5.56 Å². The first-order valence-electron chi connectivity index (χ1n) is 8.58. The molecule has 5 heteroatoms. The molecule has 1 aliphatic heterocycles. The maximum atomic E-state index is 12.8. The van der Waals surface area contributed by atoms with Crippen molar-refractivity contribution in [1.29, 1.82) is 0 Å². The molecule has 1 aromatic heterocycles. The third-order valence-electron chi connectivity index (χ3n) is 4.61. The lowest BCUT2D eigenvalue weighted by Gasteiger charge is -2.24. The van der Waals surface area contributed by atoms with Gasteiger partial charge in [-0.1, -0.05) is 60.7 Å². The van der Waals surface area contributed by atoms with Crippen LogP contribution in [0.25, 0.3) is 5.76 Å². The minimum atomic E-state index is -0.697. The van der Waals surface area contributed by atoms with Crippen LogP contribution in [0, 0.1) is 0 Å². The summed E-state index contributed by atoms with van der Waals surface area (Å²) in [7, 11) is 0. The number of hydrogen-bond donors (Lipinski definition) is 1. The lowest BCUT2D eigenvalue weighted by molar-refractivity contribution is -0.140. The standard InChI is InChI=1S/C22H17NO4/c24-20(16-10-5-2-6-11-16)18-19(15-8-3-1-4-9-15)23(22(26)21(18)25)14-17-12-7-13-27-17/h1-13,19,24H,14H2/b20-18+/t19-/m0/s1. The summed E-state index contributed by atoms with van der Waals surface area (Å²) in [5.41, 5.74) is 1.33. The largest absolute Gasteiger partial charge is 0.507 e. The molecule has 1 atom stereocenters. The van der Waals surface area contributed by atoms with E-state index in [-0.39, 0.29) is 17.9 Å². The zero-order valence-electron chi connectivity index (χ0n) is 14.4. The zero-order valence-corrected chi connectivity index (χ0v) is 14.4. The van der Waals surface area contributed by atoms with Crippen molar-refractivity contribution in [3.8, 4) is 0 Å². The summed E-state index contributed by atoms with van der Waals surface area (Å²) >= 11 is 0. The molecule has 0 aliphatic carbocycles. The molecule has 5 nitrogen and oxygen atoms in total. The maximum absolute atomic E-state index is 12.8. The molecule has 1 aliphatic rings. The fraction of sp³-hybridized carbons (Fsp3) is 0.0909. The third-order valence-corrected chi connectivity index (χ3v) is 4.61. The first-order chi connectivity index (χ1) is 13.2. The Labute approximate surface area is 156 Å². The number of benzene rings is 2. The number of ketones is 1. The molecule has 134 valence electrons. The minimum absolute atomic E-state index is 0.0870. The first kappa shape index (κ1) is 16.8. The fourth-order valence-corrected chi connectivity index (χ4v) is 3.35. The van der Waals surface area contributed by atoms with Gasteiger partial charge in [0.05, 0.1) is 24.4 Å². The number of carbonyl (C=O) groups excluding carboxylic acids is 2. The lowest BCUT2D eigenvalue weighted by atomic mass is 9.95. The smallest absolute Gasteiger partial charge is 0.296 e. The summed E-state index contributed by atoms with van der Waals surface area (Å²) in [6, 6.07) is 20.8. The summed E-state index contributed by atoms with van der Waals surface area (Å²) in [4.78, 5) is 27.0. The van der Waals surface area contributed by atoms with Crippen LogP contribution in [0.4, 0.5) is 0 Å². The number of nitrogens with zero attached hydrogens (tertiary/aromatic N) is 1. The van der Waals surface area contributed by atoms with Crippen LogP contribution >= 0.6 is 0 Å². The first-order valence-corrected chi connectivity index (χ1v) is 8.58. The minimum Gasteiger partial charge on any atom is -0.507 e. The van der Waals surface area contributed by atoms with E-state index in [4.69, 9.17) is 4.42 Å².